The highest BCUT2D eigenvalue weighted by Gasteiger charge is 2.42. The van der Waals surface area contributed by atoms with E-state index in [9.17, 15) is 9.90 Å². The maximum Gasteiger partial charge on any atom is 0.251 e. The Kier molecular flexibility index (Phi) is 3.92. The van der Waals surface area contributed by atoms with Gasteiger partial charge in [-0.3, -0.25) is 4.79 Å². The number of hydrogen-bond donors (Lipinski definition) is 2. The van der Waals surface area contributed by atoms with Crippen LogP contribution in [0.15, 0.2) is 23.4 Å². The Hall–Kier alpha value is -1.07. The highest BCUT2D eigenvalue weighted by molar-refractivity contribution is 7.98. The van der Waals surface area contributed by atoms with Crippen LogP contribution in [0.4, 0.5) is 0 Å². The minimum absolute atomic E-state index is 0.0239. The van der Waals surface area contributed by atoms with Crippen molar-refractivity contribution < 1.29 is 9.90 Å². The topological polar surface area (TPSA) is 62.2 Å². The minimum Gasteiger partial charge on any atom is -0.394 e. The van der Waals surface area contributed by atoms with Gasteiger partial charge in [-0.1, -0.05) is 0 Å². The minimum atomic E-state index is -0.500. The Morgan fingerprint density at radius 1 is 1.67 bits per heavy atom. The second-order valence-electron chi connectivity index (χ2n) is 4.89. The van der Waals surface area contributed by atoms with Crippen molar-refractivity contribution in [1.29, 1.82) is 0 Å². The number of pyridine rings is 1. The number of rotatable bonds is 5. The van der Waals surface area contributed by atoms with E-state index in [2.05, 4.69) is 10.3 Å². The van der Waals surface area contributed by atoms with Gasteiger partial charge in [0.2, 0.25) is 0 Å². The summed E-state index contributed by atoms with van der Waals surface area (Å²) in [7, 11) is 0. The molecule has 2 rings (SSSR count). The molecule has 5 heteroatoms. The van der Waals surface area contributed by atoms with E-state index in [1.807, 2.05) is 13.2 Å². The largest absolute Gasteiger partial charge is 0.394 e. The molecule has 1 fully saturated rings. The predicted octanol–water partition coefficient (Wildman–Crippen LogP) is 1.69. The normalized spacial score (nSPS) is 18.2. The molecule has 18 heavy (non-hydrogen) atoms. The molecule has 1 amide bonds. The van der Waals surface area contributed by atoms with E-state index in [1.165, 1.54) is 11.8 Å². The van der Waals surface area contributed by atoms with E-state index in [0.29, 0.717) is 11.5 Å². The standard InChI is InChI=1S/C13H18N2O2S/c1-13(8-16,10-3-4-10)15-12(17)9-5-6-14-11(7-9)18-2/h5-7,10,16H,3-4,8H2,1-2H3,(H,15,17). The van der Waals surface area contributed by atoms with Gasteiger partial charge in [0.05, 0.1) is 17.2 Å². The van der Waals surface area contributed by atoms with Gasteiger partial charge in [0.1, 0.15) is 0 Å². The van der Waals surface area contributed by atoms with Crippen LogP contribution in [-0.4, -0.2) is 34.4 Å². The van der Waals surface area contributed by atoms with Crippen molar-refractivity contribution in [2.24, 2.45) is 5.92 Å². The number of thioether (sulfide) groups is 1. The van der Waals surface area contributed by atoms with Crippen molar-refractivity contribution in [3.8, 4) is 0 Å². The summed E-state index contributed by atoms with van der Waals surface area (Å²) in [5.41, 5.74) is 0.0922. The quantitative estimate of drug-likeness (QED) is 0.796. The molecular weight excluding hydrogens is 248 g/mol. The second-order valence-corrected chi connectivity index (χ2v) is 5.72. The smallest absolute Gasteiger partial charge is 0.251 e. The maximum absolute atomic E-state index is 12.2. The van der Waals surface area contributed by atoms with E-state index in [-0.39, 0.29) is 12.5 Å². The van der Waals surface area contributed by atoms with Gasteiger partial charge in [0.15, 0.2) is 0 Å². The Balaban J connectivity index is 2.10. The monoisotopic (exact) mass is 266 g/mol. The van der Waals surface area contributed by atoms with E-state index in [4.69, 9.17) is 0 Å². The third kappa shape index (κ3) is 2.84. The lowest BCUT2D eigenvalue weighted by Crippen LogP contribution is -2.50. The van der Waals surface area contributed by atoms with Gasteiger partial charge in [-0.25, -0.2) is 4.98 Å². The van der Waals surface area contributed by atoms with Gasteiger partial charge in [0.25, 0.3) is 5.91 Å². The van der Waals surface area contributed by atoms with Crippen LogP contribution in [0.3, 0.4) is 0 Å². The second kappa shape index (κ2) is 5.28. The van der Waals surface area contributed by atoms with E-state index in [1.54, 1.807) is 18.3 Å². The number of aliphatic hydroxyl groups excluding tert-OH is 1. The van der Waals surface area contributed by atoms with Crippen LogP contribution in [0.2, 0.25) is 0 Å². The molecule has 1 heterocycles. The fourth-order valence-electron chi connectivity index (χ4n) is 1.98. The Labute approximate surface area is 111 Å². The van der Waals surface area contributed by atoms with Gasteiger partial charge >= 0.3 is 0 Å². The van der Waals surface area contributed by atoms with Crippen molar-refractivity contribution in [2.75, 3.05) is 12.9 Å². The first-order valence-corrected chi connectivity index (χ1v) is 7.25. The summed E-state index contributed by atoms with van der Waals surface area (Å²) in [6.45, 7) is 1.88. The molecule has 0 saturated heterocycles. The molecule has 2 N–H and O–H groups in total. The number of hydrogen-bond acceptors (Lipinski definition) is 4. The third-order valence-corrected chi connectivity index (χ3v) is 4.05. The van der Waals surface area contributed by atoms with Crippen molar-refractivity contribution in [3.05, 3.63) is 23.9 Å². The fourth-order valence-corrected chi connectivity index (χ4v) is 2.40. The predicted molar refractivity (Wildman–Crippen MR) is 71.7 cm³/mol. The molecule has 4 nitrogen and oxygen atoms in total. The average molecular weight is 266 g/mol. The van der Waals surface area contributed by atoms with Crippen molar-refractivity contribution in [3.63, 3.8) is 0 Å². The average Bonchev–Trinajstić information content (AvgIpc) is 3.23. The molecule has 1 aromatic heterocycles. The first kappa shape index (κ1) is 13.4. The van der Waals surface area contributed by atoms with E-state index in [0.717, 1.165) is 17.9 Å². The maximum atomic E-state index is 12.2. The highest BCUT2D eigenvalue weighted by Crippen LogP contribution is 2.39. The SMILES string of the molecule is CSc1cc(C(=O)NC(C)(CO)C2CC2)ccn1. The number of aliphatic hydroxyl groups is 1. The molecule has 0 radical (unpaired) electrons. The van der Waals surface area contributed by atoms with Crippen LogP contribution in [0, 0.1) is 5.92 Å². The molecule has 0 aromatic carbocycles. The molecule has 0 spiro atoms. The molecule has 1 aliphatic carbocycles. The van der Waals surface area contributed by atoms with Gasteiger partial charge < -0.3 is 10.4 Å². The van der Waals surface area contributed by atoms with E-state index < -0.39 is 5.54 Å². The van der Waals surface area contributed by atoms with Crippen molar-refractivity contribution in [2.45, 2.75) is 30.3 Å². The zero-order valence-corrected chi connectivity index (χ0v) is 11.5. The molecular formula is C13H18N2O2S. The number of nitrogens with one attached hydrogen (secondary N) is 1. The third-order valence-electron chi connectivity index (χ3n) is 3.41. The molecule has 0 aliphatic heterocycles. The number of nitrogens with zero attached hydrogens (tertiary/aromatic N) is 1. The Morgan fingerprint density at radius 2 is 2.39 bits per heavy atom. The lowest BCUT2D eigenvalue weighted by Gasteiger charge is -2.28. The van der Waals surface area contributed by atoms with Crippen LogP contribution in [0.1, 0.15) is 30.1 Å². The van der Waals surface area contributed by atoms with Gasteiger partial charge in [0, 0.05) is 11.8 Å². The zero-order valence-electron chi connectivity index (χ0n) is 10.6. The van der Waals surface area contributed by atoms with Crippen LogP contribution in [0.5, 0.6) is 0 Å². The van der Waals surface area contributed by atoms with Crippen LogP contribution >= 0.6 is 11.8 Å². The van der Waals surface area contributed by atoms with Crippen LogP contribution in [0.25, 0.3) is 0 Å². The molecule has 1 atom stereocenters. The fraction of sp³-hybridized carbons (Fsp3) is 0.538. The van der Waals surface area contributed by atoms with Gasteiger partial charge in [-0.05, 0) is 44.1 Å². The molecule has 1 aliphatic rings. The summed E-state index contributed by atoms with van der Waals surface area (Å²) < 4.78 is 0. The van der Waals surface area contributed by atoms with Crippen LogP contribution < -0.4 is 5.32 Å². The number of amides is 1. The lowest BCUT2D eigenvalue weighted by molar-refractivity contribution is 0.0824. The zero-order chi connectivity index (χ0) is 13.2. The summed E-state index contributed by atoms with van der Waals surface area (Å²) in [5, 5.41) is 13.2. The van der Waals surface area contributed by atoms with Crippen molar-refractivity contribution in [1.82, 2.24) is 10.3 Å². The van der Waals surface area contributed by atoms with Crippen LogP contribution in [-0.2, 0) is 0 Å². The summed E-state index contributed by atoms with van der Waals surface area (Å²) in [6, 6.07) is 3.46. The number of carbonyl (C=O) groups excluding carboxylic acids is 1. The summed E-state index contributed by atoms with van der Waals surface area (Å²) in [4.78, 5) is 16.3. The van der Waals surface area contributed by atoms with Gasteiger partial charge in [-0.15, -0.1) is 11.8 Å². The molecule has 98 valence electrons. The lowest BCUT2D eigenvalue weighted by atomic mass is 9.96. The number of carbonyl (C=O) groups is 1. The van der Waals surface area contributed by atoms with E-state index >= 15 is 0 Å². The van der Waals surface area contributed by atoms with Crippen molar-refractivity contribution >= 4 is 17.7 Å². The molecule has 1 saturated carbocycles. The summed E-state index contributed by atoms with van der Waals surface area (Å²) in [5.74, 6) is 0.254. The first-order valence-electron chi connectivity index (χ1n) is 6.02. The highest BCUT2D eigenvalue weighted by atomic mass is 32.2. The summed E-state index contributed by atoms with van der Waals surface area (Å²) in [6.07, 6.45) is 5.70. The summed E-state index contributed by atoms with van der Waals surface area (Å²) >= 11 is 1.50. The Bertz CT molecular complexity index is 448. The first-order chi connectivity index (χ1) is 8.59. The van der Waals surface area contributed by atoms with Gasteiger partial charge in [-0.2, -0.15) is 0 Å². The molecule has 0 bridgehead atoms. The molecule has 1 unspecified atom stereocenters. The Morgan fingerprint density at radius 3 is 2.94 bits per heavy atom. The number of aromatic nitrogens is 1. The molecule has 1 aromatic rings.